The number of rotatable bonds is 4. The third kappa shape index (κ3) is 5.48. The molecule has 34 heavy (non-hydrogen) atoms. The molecule has 4 rings (SSSR count). The molecule has 0 aliphatic carbocycles. The van der Waals surface area contributed by atoms with Gasteiger partial charge in [-0.2, -0.15) is 0 Å². The summed E-state index contributed by atoms with van der Waals surface area (Å²) in [4.78, 5) is 0.683. The van der Waals surface area contributed by atoms with Gasteiger partial charge in [0.25, 0.3) is 0 Å². The van der Waals surface area contributed by atoms with E-state index in [0.717, 1.165) is 11.4 Å². The van der Waals surface area contributed by atoms with Crippen LogP contribution in [-0.2, 0) is 0 Å². The number of benzene rings is 4. The highest BCUT2D eigenvalue weighted by atomic mass is 32.1. The van der Waals surface area contributed by atoms with Crippen LogP contribution >= 0.6 is 37.1 Å². The van der Waals surface area contributed by atoms with Crippen LogP contribution in [0.25, 0.3) is 0 Å². The van der Waals surface area contributed by atoms with Crippen LogP contribution in [0.2, 0.25) is 0 Å². The van der Waals surface area contributed by atoms with Crippen LogP contribution in [0, 0.1) is 0 Å². The van der Waals surface area contributed by atoms with Gasteiger partial charge in [-0.25, -0.2) is 10.0 Å². The summed E-state index contributed by atoms with van der Waals surface area (Å²) in [5.74, 6) is 0.0452. The zero-order chi connectivity index (χ0) is 23.9. The molecule has 5 nitrogen and oxygen atoms in total. The van der Waals surface area contributed by atoms with Crippen molar-refractivity contribution in [2.45, 2.75) is 4.90 Å². The zero-order valence-corrected chi connectivity index (χ0v) is 20.5. The van der Waals surface area contributed by atoms with Gasteiger partial charge in [-0.05, 0) is 73.0 Å². The second-order valence-electron chi connectivity index (χ2n) is 7.19. The van der Waals surface area contributed by atoms with E-state index >= 15 is 0 Å². The molecule has 170 valence electrons. The lowest BCUT2D eigenvalue weighted by Crippen LogP contribution is -2.53. The molecule has 0 atom stereocenters. The van der Waals surface area contributed by atoms with Gasteiger partial charge in [0.15, 0.2) is 10.2 Å². The Morgan fingerprint density at radius 3 is 1.50 bits per heavy atom. The van der Waals surface area contributed by atoms with Gasteiger partial charge in [0.2, 0.25) is 0 Å². The number of thiocarbonyl (C=S) groups is 2. The van der Waals surface area contributed by atoms with E-state index in [4.69, 9.17) is 24.4 Å². The highest BCUT2D eigenvalue weighted by molar-refractivity contribution is 7.81. The topological polar surface area (TPSA) is 50.8 Å². The lowest BCUT2D eigenvalue weighted by atomic mass is 10.2. The Morgan fingerprint density at radius 2 is 1.00 bits per heavy atom. The maximum atomic E-state index is 10.8. The first-order valence-corrected chi connectivity index (χ1v) is 11.7. The molecule has 0 aliphatic rings. The van der Waals surface area contributed by atoms with Crippen molar-refractivity contribution in [3.63, 3.8) is 0 Å². The molecule has 0 aliphatic heterocycles. The Hall–Kier alpha value is -3.59. The van der Waals surface area contributed by atoms with Crippen LogP contribution in [0.4, 0.5) is 22.7 Å². The second kappa shape index (κ2) is 11.0. The SMILES string of the molecule is Oc1ccccc1N(C(=S)Nc1ccccc1)N(C(=S)Nc1ccccc1)c1ccccc1S. The average molecular weight is 503 g/mol. The van der Waals surface area contributed by atoms with Crippen LogP contribution < -0.4 is 20.7 Å². The Bertz CT molecular complexity index is 1180. The largest absolute Gasteiger partial charge is 0.506 e. The summed E-state index contributed by atoms with van der Waals surface area (Å²) in [6.07, 6.45) is 0. The minimum atomic E-state index is 0.0452. The molecule has 4 aromatic carbocycles. The van der Waals surface area contributed by atoms with E-state index in [1.165, 1.54) is 0 Å². The van der Waals surface area contributed by atoms with Crippen LogP contribution in [0.5, 0.6) is 5.75 Å². The highest BCUT2D eigenvalue weighted by Gasteiger charge is 2.28. The van der Waals surface area contributed by atoms with Gasteiger partial charge in [0, 0.05) is 16.3 Å². The van der Waals surface area contributed by atoms with Gasteiger partial charge in [0.05, 0.1) is 5.69 Å². The quantitative estimate of drug-likeness (QED) is 0.141. The smallest absolute Gasteiger partial charge is 0.197 e. The molecule has 0 unspecified atom stereocenters. The number of para-hydroxylation sites is 5. The predicted molar refractivity (Wildman–Crippen MR) is 152 cm³/mol. The molecule has 0 spiro atoms. The number of hydrazine groups is 1. The van der Waals surface area contributed by atoms with Crippen molar-refractivity contribution in [1.29, 1.82) is 0 Å². The Balaban J connectivity index is 1.83. The van der Waals surface area contributed by atoms with Gasteiger partial charge in [0.1, 0.15) is 11.4 Å². The van der Waals surface area contributed by atoms with Crippen molar-refractivity contribution >= 4 is 70.0 Å². The molecule has 3 N–H and O–H groups in total. The minimum Gasteiger partial charge on any atom is -0.506 e. The van der Waals surface area contributed by atoms with Crippen molar-refractivity contribution in [3.05, 3.63) is 109 Å². The highest BCUT2D eigenvalue weighted by Crippen LogP contribution is 2.34. The lowest BCUT2D eigenvalue weighted by Gasteiger charge is -2.38. The molecule has 0 saturated carbocycles. The fraction of sp³-hybridized carbons (Fsp3) is 0. The first kappa shape index (κ1) is 23.6. The van der Waals surface area contributed by atoms with E-state index in [-0.39, 0.29) is 5.75 Å². The first-order chi connectivity index (χ1) is 16.5. The van der Waals surface area contributed by atoms with Crippen LogP contribution in [0.1, 0.15) is 0 Å². The molecule has 0 fully saturated rings. The third-order valence-electron chi connectivity index (χ3n) is 4.85. The normalized spacial score (nSPS) is 10.3. The van der Waals surface area contributed by atoms with Gasteiger partial charge in [-0.3, -0.25) is 0 Å². The molecule has 4 aromatic rings. The van der Waals surface area contributed by atoms with Crippen molar-refractivity contribution in [2.24, 2.45) is 0 Å². The van der Waals surface area contributed by atoms with Gasteiger partial charge < -0.3 is 15.7 Å². The van der Waals surface area contributed by atoms with Crippen LogP contribution in [0.15, 0.2) is 114 Å². The Kier molecular flexibility index (Phi) is 7.64. The summed E-state index contributed by atoms with van der Waals surface area (Å²) in [7, 11) is 0. The zero-order valence-electron chi connectivity index (χ0n) is 18.0. The monoisotopic (exact) mass is 502 g/mol. The van der Waals surface area contributed by atoms with E-state index in [9.17, 15) is 5.11 Å². The van der Waals surface area contributed by atoms with Gasteiger partial charge in [-0.15, -0.1) is 12.6 Å². The van der Waals surface area contributed by atoms with Crippen molar-refractivity contribution in [3.8, 4) is 5.75 Å². The summed E-state index contributed by atoms with van der Waals surface area (Å²) in [5, 5.41) is 21.3. The second-order valence-corrected chi connectivity index (χ2v) is 8.45. The van der Waals surface area contributed by atoms with E-state index in [0.29, 0.717) is 26.5 Å². The van der Waals surface area contributed by atoms with E-state index in [1.807, 2.05) is 91.0 Å². The third-order valence-corrected chi connectivity index (χ3v) is 5.78. The van der Waals surface area contributed by atoms with E-state index in [2.05, 4.69) is 23.3 Å². The molecular weight excluding hydrogens is 481 g/mol. The number of aromatic hydroxyl groups is 1. The number of hydrogen-bond acceptors (Lipinski definition) is 4. The molecular formula is C26H22N4OS3. The summed E-state index contributed by atoms with van der Waals surface area (Å²) in [6.45, 7) is 0. The van der Waals surface area contributed by atoms with Crippen LogP contribution in [0.3, 0.4) is 0 Å². The van der Waals surface area contributed by atoms with Crippen molar-refractivity contribution in [2.75, 3.05) is 20.7 Å². The molecule has 0 saturated heterocycles. The standard InChI is InChI=1S/C26H22N4OS3/c31-23-17-9-7-15-21(23)29(25(33)27-19-11-3-1-4-12-19)30(22-16-8-10-18-24(22)32)26(34)28-20-13-5-2-6-14-20/h1-18,31-32H,(H,27,33)(H,28,34). The number of phenols is 1. The van der Waals surface area contributed by atoms with Crippen LogP contribution in [-0.4, -0.2) is 15.3 Å². The molecule has 0 amide bonds. The molecule has 0 radical (unpaired) electrons. The molecule has 0 aromatic heterocycles. The Morgan fingerprint density at radius 1 is 0.588 bits per heavy atom. The molecule has 8 heteroatoms. The maximum Gasteiger partial charge on any atom is 0.197 e. The number of hydrogen-bond donors (Lipinski definition) is 4. The first-order valence-electron chi connectivity index (χ1n) is 10.4. The Labute approximate surface area is 215 Å². The van der Waals surface area contributed by atoms with Gasteiger partial charge in [-0.1, -0.05) is 60.7 Å². The summed E-state index contributed by atoms with van der Waals surface area (Å²) < 4.78 is 0. The maximum absolute atomic E-state index is 10.8. The average Bonchev–Trinajstić information content (AvgIpc) is 2.85. The summed E-state index contributed by atoms with van der Waals surface area (Å²) in [5.41, 5.74) is 2.74. The summed E-state index contributed by atoms with van der Waals surface area (Å²) >= 11 is 16.4. The molecule has 0 bridgehead atoms. The van der Waals surface area contributed by atoms with E-state index < -0.39 is 0 Å². The fourth-order valence-corrected chi connectivity index (χ4v) is 4.15. The van der Waals surface area contributed by atoms with E-state index in [1.54, 1.807) is 28.2 Å². The number of thiol groups is 1. The van der Waals surface area contributed by atoms with Crippen molar-refractivity contribution < 1.29 is 5.11 Å². The lowest BCUT2D eigenvalue weighted by molar-refractivity contribution is 0.476. The fourth-order valence-electron chi connectivity index (χ4n) is 3.30. The predicted octanol–water partition coefficient (Wildman–Crippen LogP) is 6.70. The minimum absolute atomic E-state index is 0.0452. The molecule has 0 heterocycles. The number of nitrogens with zero attached hydrogens (tertiary/aromatic N) is 2. The summed E-state index contributed by atoms with van der Waals surface area (Å²) in [6, 6.07) is 33.7. The number of anilines is 4. The number of nitrogens with one attached hydrogen (secondary N) is 2. The van der Waals surface area contributed by atoms with Crippen molar-refractivity contribution in [1.82, 2.24) is 0 Å². The van der Waals surface area contributed by atoms with Gasteiger partial charge >= 0.3 is 0 Å². The number of phenolic OH excluding ortho intramolecular Hbond substituents is 1.